The molecule has 2 fully saturated rings. The van der Waals surface area contributed by atoms with Gasteiger partial charge in [-0.25, -0.2) is 14.6 Å². The fourth-order valence-corrected chi connectivity index (χ4v) is 4.40. The number of phosphoric ester groups is 1. The summed E-state index contributed by atoms with van der Waals surface area (Å²) in [6.07, 6.45) is -1.31. The molecule has 16 heteroatoms. The number of carbonyl (C=O) groups is 2. The van der Waals surface area contributed by atoms with E-state index in [1.54, 1.807) is 30.3 Å². The number of fused-ring (bicyclic) bond motifs is 3. The monoisotopic (exact) mass is 537 g/mol. The van der Waals surface area contributed by atoms with Gasteiger partial charge >= 0.3 is 71.3 Å². The van der Waals surface area contributed by atoms with Gasteiger partial charge in [-0.05, 0) is 29.8 Å². The van der Waals surface area contributed by atoms with E-state index in [1.165, 1.54) is 16.0 Å². The van der Waals surface area contributed by atoms with Crippen LogP contribution in [0.4, 0.5) is 21.1 Å². The standard InChI is InChI=1S/C20H20N3O10P.2Na/c24-8-17-15-10-30-16-5-11(1-3-14(16)23(15)20(26)33-17)12-2-4-18(21-6-12)22-7-13(32-19(22)25)9-31-34(27,28)29;;/h1-6,13,15,17,24H,7-10H2,(H2,27,28,29);;/q;2*+1/p-2/t13?,15-,17-;;/m0../s1. The van der Waals surface area contributed by atoms with E-state index in [0.29, 0.717) is 17.0 Å². The van der Waals surface area contributed by atoms with Gasteiger partial charge in [-0.15, -0.1) is 0 Å². The Labute approximate surface area is 249 Å². The number of aliphatic hydroxyl groups is 1. The molecule has 3 aliphatic heterocycles. The number of hydrogen-bond acceptors (Lipinski definition) is 11. The molecule has 180 valence electrons. The van der Waals surface area contributed by atoms with Crippen LogP contribution in [-0.4, -0.2) is 66.9 Å². The van der Waals surface area contributed by atoms with Crippen molar-refractivity contribution in [3.63, 3.8) is 0 Å². The Balaban J connectivity index is 0.00000180. The maximum Gasteiger partial charge on any atom is 1.00 e. The molecule has 0 saturated carbocycles. The minimum atomic E-state index is -5.17. The summed E-state index contributed by atoms with van der Waals surface area (Å²) < 4.78 is 30.8. The summed E-state index contributed by atoms with van der Waals surface area (Å²) in [7, 11) is -5.17. The number of benzene rings is 1. The van der Waals surface area contributed by atoms with E-state index < -0.39 is 44.9 Å². The van der Waals surface area contributed by atoms with Crippen LogP contribution in [0.15, 0.2) is 36.5 Å². The number of amides is 2. The van der Waals surface area contributed by atoms with Crippen molar-refractivity contribution < 1.29 is 107 Å². The Hall–Kier alpha value is -1.22. The van der Waals surface area contributed by atoms with Gasteiger partial charge in [0.05, 0.1) is 33.3 Å². The van der Waals surface area contributed by atoms with Crippen molar-refractivity contribution in [3.8, 4) is 16.9 Å². The first-order valence-electron chi connectivity index (χ1n) is 10.2. The Morgan fingerprint density at radius 2 is 1.86 bits per heavy atom. The minimum absolute atomic E-state index is 0. The number of ether oxygens (including phenoxy) is 3. The van der Waals surface area contributed by atoms with E-state index in [9.17, 15) is 29.0 Å². The SMILES string of the molecule is O=C1OC(COP(=O)([O-])[O-])CN1c1ccc(-c2ccc3c(c2)OC[C@H]2[C@H](CO)OC(=O)N32)cn1.[Na+].[Na+]. The molecule has 1 aromatic heterocycles. The first kappa shape index (κ1) is 29.3. The van der Waals surface area contributed by atoms with E-state index in [0.717, 1.165) is 5.56 Å². The maximum absolute atomic E-state index is 12.2. The number of anilines is 2. The molecule has 3 atom stereocenters. The Morgan fingerprint density at radius 1 is 1.11 bits per heavy atom. The van der Waals surface area contributed by atoms with Gasteiger partial charge in [0.2, 0.25) is 0 Å². The average molecular weight is 537 g/mol. The summed E-state index contributed by atoms with van der Waals surface area (Å²) in [4.78, 5) is 52.5. The quantitative estimate of drug-likeness (QED) is 0.275. The first-order valence-corrected chi connectivity index (χ1v) is 11.7. The number of nitrogens with zero attached hydrogens (tertiary/aromatic N) is 3. The van der Waals surface area contributed by atoms with Gasteiger partial charge in [-0.1, -0.05) is 6.07 Å². The molecule has 0 bridgehead atoms. The molecule has 5 rings (SSSR count). The Bertz CT molecular complexity index is 1180. The number of aromatic nitrogens is 1. The second-order valence-corrected chi connectivity index (χ2v) is 8.95. The maximum atomic E-state index is 12.2. The Morgan fingerprint density at radius 3 is 2.53 bits per heavy atom. The van der Waals surface area contributed by atoms with Crippen molar-refractivity contribution in [2.24, 2.45) is 0 Å². The number of rotatable bonds is 6. The summed E-state index contributed by atoms with van der Waals surface area (Å²) in [6.45, 7) is -0.706. The molecule has 4 heterocycles. The smallest absolute Gasteiger partial charge is 0.790 e. The molecular weight excluding hydrogens is 519 g/mol. The average Bonchev–Trinajstić information content (AvgIpc) is 3.36. The predicted octanol–water partition coefficient (Wildman–Crippen LogP) is -5.99. The van der Waals surface area contributed by atoms with Crippen LogP contribution >= 0.6 is 7.82 Å². The molecule has 0 radical (unpaired) electrons. The van der Waals surface area contributed by atoms with Crippen molar-refractivity contribution in [2.45, 2.75) is 18.2 Å². The number of aliphatic hydroxyl groups excluding tert-OH is 1. The summed E-state index contributed by atoms with van der Waals surface area (Å²) in [5.41, 5.74) is 2.00. The van der Waals surface area contributed by atoms with Crippen LogP contribution in [-0.2, 0) is 18.6 Å². The molecule has 1 unspecified atom stereocenters. The van der Waals surface area contributed by atoms with Gasteiger partial charge in [0.1, 0.15) is 30.3 Å². The number of hydrogen-bond donors (Lipinski definition) is 1. The third-order valence-corrected chi connectivity index (χ3v) is 6.13. The topological polar surface area (TPSA) is 174 Å². The van der Waals surface area contributed by atoms with Crippen molar-refractivity contribution in [3.05, 3.63) is 36.5 Å². The molecule has 13 nitrogen and oxygen atoms in total. The zero-order valence-corrected chi connectivity index (χ0v) is 24.3. The van der Waals surface area contributed by atoms with Crippen LogP contribution < -0.4 is 83.4 Å². The zero-order chi connectivity index (χ0) is 24.0. The summed E-state index contributed by atoms with van der Waals surface area (Å²) >= 11 is 0. The summed E-state index contributed by atoms with van der Waals surface area (Å²) in [5, 5.41) is 9.41. The van der Waals surface area contributed by atoms with Crippen LogP contribution in [0.5, 0.6) is 5.75 Å². The number of cyclic esters (lactones) is 2. The molecule has 1 N–H and O–H groups in total. The molecule has 2 saturated heterocycles. The minimum Gasteiger partial charge on any atom is -0.790 e. The van der Waals surface area contributed by atoms with E-state index in [2.05, 4.69) is 9.51 Å². The summed E-state index contributed by atoms with van der Waals surface area (Å²) in [6, 6.07) is 8.17. The summed E-state index contributed by atoms with van der Waals surface area (Å²) in [5.74, 6) is 0.754. The fraction of sp³-hybridized carbons (Fsp3) is 0.350. The second-order valence-electron chi connectivity index (χ2n) is 7.80. The van der Waals surface area contributed by atoms with Gasteiger partial charge in [0.15, 0.2) is 6.10 Å². The van der Waals surface area contributed by atoms with Crippen LogP contribution in [0, 0.1) is 0 Å². The normalized spacial score (nSPS) is 22.5. The zero-order valence-electron chi connectivity index (χ0n) is 19.4. The molecule has 2 amide bonds. The van der Waals surface area contributed by atoms with Gasteiger partial charge < -0.3 is 38.2 Å². The van der Waals surface area contributed by atoms with Crippen LogP contribution in [0.2, 0.25) is 0 Å². The van der Waals surface area contributed by atoms with E-state index in [4.69, 9.17) is 14.2 Å². The van der Waals surface area contributed by atoms with E-state index >= 15 is 0 Å². The molecular formula is C20H18N3Na2O10P. The third kappa shape index (κ3) is 5.92. The van der Waals surface area contributed by atoms with E-state index in [-0.39, 0.29) is 84.7 Å². The molecule has 36 heavy (non-hydrogen) atoms. The predicted molar refractivity (Wildman–Crippen MR) is 110 cm³/mol. The number of carbonyl (C=O) groups excluding carboxylic acids is 2. The van der Waals surface area contributed by atoms with Crippen molar-refractivity contribution in [1.29, 1.82) is 0 Å². The van der Waals surface area contributed by atoms with Crippen molar-refractivity contribution in [1.82, 2.24) is 4.98 Å². The van der Waals surface area contributed by atoms with Gasteiger partial charge in [-0.2, -0.15) is 0 Å². The second kappa shape index (κ2) is 11.7. The third-order valence-electron chi connectivity index (χ3n) is 5.67. The Kier molecular flexibility index (Phi) is 9.51. The van der Waals surface area contributed by atoms with Crippen molar-refractivity contribution >= 4 is 31.5 Å². The van der Waals surface area contributed by atoms with Gasteiger partial charge in [-0.3, -0.25) is 9.80 Å². The molecule has 0 aliphatic carbocycles. The molecule has 3 aliphatic rings. The van der Waals surface area contributed by atoms with Crippen LogP contribution in [0.25, 0.3) is 11.1 Å². The van der Waals surface area contributed by atoms with Crippen LogP contribution in [0.1, 0.15) is 0 Å². The molecule has 0 spiro atoms. The van der Waals surface area contributed by atoms with Gasteiger partial charge in [0.25, 0.3) is 0 Å². The molecule has 2 aromatic rings. The fourth-order valence-electron chi connectivity index (χ4n) is 4.05. The molecule has 1 aromatic carbocycles. The van der Waals surface area contributed by atoms with Crippen molar-refractivity contribution in [2.75, 3.05) is 36.2 Å². The largest absolute Gasteiger partial charge is 1.00 e. The van der Waals surface area contributed by atoms with Gasteiger partial charge in [0, 0.05) is 11.8 Å². The number of phosphoric acid groups is 1. The number of pyridine rings is 1. The first-order chi connectivity index (χ1) is 16.2. The van der Waals surface area contributed by atoms with Crippen LogP contribution in [0.3, 0.4) is 0 Å². The van der Waals surface area contributed by atoms with E-state index in [1.807, 2.05) is 0 Å².